The molecule has 0 radical (unpaired) electrons. The van der Waals surface area contributed by atoms with Crippen molar-refractivity contribution in [2.45, 2.75) is 12.2 Å². The Kier molecular flexibility index (Phi) is 3.36. The molecule has 0 spiro atoms. The zero-order valence-electron chi connectivity index (χ0n) is 9.89. The molecule has 100 valence electrons. The van der Waals surface area contributed by atoms with E-state index in [1.54, 1.807) is 16.7 Å². The van der Waals surface area contributed by atoms with Crippen LogP contribution in [0.5, 0.6) is 0 Å². The fraction of sp³-hybridized carbons (Fsp3) is 0.333. The molecule has 7 heteroatoms. The molecule has 3 heterocycles. The third-order valence-electron chi connectivity index (χ3n) is 3.00. The van der Waals surface area contributed by atoms with Crippen LogP contribution in [0.2, 0.25) is 0 Å². The zero-order valence-corrected chi connectivity index (χ0v) is 11.5. The average molecular weight is 296 g/mol. The van der Waals surface area contributed by atoms with Crippen LogP contribution in [0.4, 0.5) is 0 Å². The van der Waals surface area contributed by atoms with Crippen LogP contribution in [0.3, 0.4) is 0 Å². The van der Waals surface area contributed by atoms with Crippen LogP contribution in [0.25, 0.3) is 9.88 Å². The van der Waals surface area contributed by atoms with E-state index in [0.29, 0.717) is 5.69 Å². The van der Waals surface area contributed by atoms with Gasteiger partial charge in [-0.1, -0.05) is 6.07 Å². The van der Waals surface area contributed by atoms with Crippen LogP contribution in [0, 0.1) is 0 Å². The number of hydrogen-bond donors (Lipinski definition) is 2. The Balaban J connectivity index is 1.78. The minimum atomic E-state index is -0.862. The van der Waals surface area contributed by atoms with Crippen molar-refractivity contribution in [3.8, 4) is 9.88 Å². The predicted octanol–water partition coefficient (Wildman–Crippen LogP) is 1.05. The van der Waals surface area contributed by atoms with Gasteiger partial charge in [-0.3, -0.25) is 4.79 Å². The van der Waals surface area contributed by atoms with Crippen LogP contribution in [-0.4, -0.2) is 51.3 Å². The summed E-state index contributed by atoms with van der Waals surface area (Å²) in [6, 6.07) is 3.90. The van der Waals surface area contributed by atoms with Crippen molar-refractivity contribution in [3.63, 3.8) is 0 Å². The molecule has 1 aliphatic heterocycles. The molecule has 0 unspecified atom stereocenters. The molecule has 2 aromatic heterocycles. The third kappa shape index (κ3) is 2.42. The molecular formula is C12H12N2O3S2. The lowest BCUT2D eigenvalue weighted by Gasteiger charge is -2.13. The van der Waals surface area contributed by atoms with Gasteiger partial charge in [-0.2, -0.15) is 0 Å². The lowest BCUT2D eigenvalue weighted by molar-refractivity contribution is 0.0572. The number of amides is 1. The van der Waals surface area contributed by atoms with E-state index in [2.05, 4.69) is 4.98 Å². The normalized spacial score (nSPS) is 22.9. The van der Waals surface area contributed by atoms with Gasteiger partial charge in [-0.05, 0) is 11.4 Å². The Bertz CT molecular complexity index is 572. The first-order valence-corrected chi connectivity index (χ1v) is 7.56. The molecule has 3 rings (SSSR count). The van der Waals surface area contributed by atoms with E-state index < -0.39 is 12.2 Å². The van der Waals surface area contributed by atoms with Crippen molar-refractivity contribution in [1.29, 1.82) is 0 Å². The van der Waals surface area contributed by atoms with Gasteiger partial charge in [0.15, 0.2) is 0 Å². The summed E-state index contributed by atoms with van der Waals surface area (Å²) >= 11 is 3.00. The van der Waals surface area contributed by atoms with Gasteiger partial charge in [-0.25, -0.2) is 4.98 Å². The number of nitrogens with zero attached hydrogens (tertiary/aromatic N) is 2. The monoisotopic (exact) mass is 296 g/mol. The van der Waals surface area contributed by atoms with Gasteiger partial charge in [0.05, 0.1) is 17.1 Å². The standard InChI is InChI=1S/C12H12N2O3S2/c15-8-4-14(5-9(8)16)12(17)7-6-19-11(13-7)10-2-1-3-18-10/h1-3,6,8-9,15-16H,4-5H2/t8-,9+. The van der Waals surface area contributed by atoms with Crippen molar-refractivity contribution < 1.29 is 15.0 Å². The minimum Gasteiger partial charge on any atom is -0.388 e. The number of β-amino-alcohol motifs (C(OH)–C–C–N with tert-alkyl or cyclic N) is 2. The minimum absolute atomic E-state index is 0.159. The van der Waals surface area contributed by atoms with Crippen LogP contribution < -0.4 is 0 Å². The number of aromatic nitrogens is 1. The van der Waals surface area contributed by atoms with Crippen molar-refractivity contribution in [2.24, 2.45) is 0 Å². The van der Waals surface area contributed by atoms with E-state index in [0.717, 1.165) is 9.88 Å². The van der Waals surface area contributed by atoms with E-state index in [1.807, 2.05) is 17.5 Å². The topological polar surface area (TPSA) is 73.7 Å². The maximum Gasteiger partial charge on any atom is 0.273 e. The van der Waals surface area contributed by atoms with E-state index in [-0.39, 0.29) is 19.0 Å². The summed E-state index contributed by atoms with van der Waals surface area (Å²) in [7, 11) is 0. The number of thiazole rings is 1. The van der Waals surface area contributed by atoms with Crippen LogP contribution >= 0.6 is 22.7 Å². The number of thiophene rings is 1. The second-order valence-corrected chi connectivity index (χ2v) is 6.17. The maximum absolute atomic E-state index is 12.2. The summed E-state index contributed by atoms with van der Waals surface area (Å²) < 4.78 is 0. The molecule has 0 bridgehead atoms. The summed E-state index contributed by atoms with van der Waals surface area (Å²) in [6.07, 6.45) is -1.72. The number of carbonyl (C=O) groups excluding carboxylic acids is 1. The lowest BCUT2D eigenvalue weighted by atomic mass is 10.3. The largest absolute Gasteiger partial charge is 0.388 e. The second-order valence-electron chi connectivity index (χ2n) is 4.36. The summed E-state index contributed by atoms with van der Waals surface area (Å²) in [5, 5.41) is 23.4. The molecular weight excluding hydrogens is 284 g/mol. The molecule has 1 saturated heterocycles. The highest BCUT2D eigenvalue weighted by molar-refractivity contribution is 7.20. The van der Waals surface area contributed by atoms with E-state index in [4.69, 9.17) is 0 Å². The second kappa shape index (κ2) is 5.01. The lowest BCUT2D eigenvalue weighted by Crippen LogP contribution is -2.30. The molecule has 1 aliphatic rings. The number of rotatable bonds is 2. The number of carbonyl (C=O) groups is 1. The van der Waals surface area contributed by atoms with E-state index >= 15 is 0 Å². The highest BCUT2D eigenvalue weighted by Crippen LogP contribution is 2.28. The molecule has 5 nitrogen and oxygen atoms in total. The van der Waals surface area contributed by atoms with Crippen molar-refractivity contribution in [2.75, 3.05) is 13.1 Å². The van der Waals surface area contributed by atoms with E-state index in [9.17, 15) is 15.0 Å². The van der Waals surface area contributed by atoms with Crippen molar-refractivity contribution in [1.82, 2.24) is 9.88 Å². The van der Waals surface area contributed by atoms with Crippen LogP contribution in [-0.2, 0) is 0 Å². The highest BCUT2D eigenvalue weighted by atomic mass is 32.1. The number of likely N-dealkylation sites (tertiary alicyclic amines) is 1. The molecule has 0 aliphatic carbocycles. The van der Waals surface area contributed by atoms with Crippen LogP contribution in [0.1, 0.15) is 10.5 Å². The molecule has 0 saturated carbocycles. The smallest absolute Gasteiger partial charge is 0.273 e. The summed E-state index contributed by atoms with van der Waals surface area (Å²) in [5.74, 6) is -0.241. The number of aliphatic hydroxyl groups excluding tert-OH is 2. The van der Waals surface area contributed by atoms with E-state index in [1.165, 1.54) is 16.2 Å². The molecule has 2 N–H and O–H groups in total. The van der Waals surface area contributed by atoms with Gasteiger partial charge in [0.2, 0.25) is 0 Å². The number of aliphatic hydroxyl groups is 2. The quantitative estimate of drug-likeness (QED) is 0.869. The summed E-state index contributed by atoms with van der Waals surface area (Å²) in [5.41, 5.74) is 0.370. The van der Waals surface area contributed by atoms with Crippen LogP contribution in [0.15, 0.2) is 22.9 Å². The third-order valence-corrected chi connectivity index (χ3v) is 4.88. The zero-order chi connectivity index (χ0) is 13.4. The van der Waals surface area contributed by atoms with Gasteiger partial charge in [0.25, 0.3) is 5.91 Å². The fourth-order valence-corrected chi connectivity index (χ4v) is 3.59. The first kappa shape index (κ1) is 12.7. The summed E-state index contributed by atoms with van der Waals surface area (Å²) in [4.78, 5) is 19.0. The fourth-order valence-electron chi connectivity index (χ4n) is 1.98. The Morgan fingerprint density at radius 1 is 1.32 bits per heavy atom. The Morgan fingerprint density at radius 2 is 2.05 bits per heavy atom. The van der Waals surface area contributed by atoms with Gasteiger partial charge in [-0.15, -0.1) is 22.7 Å². The van der Waals surface area contributed by atoms with Gasteiger partial charge >= 0.3 is 0 Å². The molecule has 1 fully saturated rings. The Morgan fingerprint density at radius 3 is 2.68 bits per heavy atom. The molecule has 1 amide bonds. The van der Waals surface area contributed by atoms with Crippen molar-refractivity contribution >= 4 is 28.6 Å². The first-order valence-electron chi connectivity index (χ1n) is 5.80. The molecule has 19 heavy (non-hydrogen) atoms. The predicted molar refractivity (Wildman–Crippen MR) is 73.3 cm³/mol. The summed E-state index contributed by atoms with van der Waals surface area (Å²) in [6.45, 7) is 0.317. The first-order chi connectivity index (χ1) is 9.15. The van der Waals surface area contributed by atoms with Gasteiger partial charge in [0.1, 0.15) is 10.7 Å². The van der Waals surface area contributed by atoms with Crippen molar-refractivity contribution in [3.05, 3.63) is 28.6 Å². The van der Waals surface area contributed by atoms with Gasteiger partial charge in [0, 0.05) is 18.5 Å². The Hall–Kier alpha value is -1.28. The van der Waals surface area contributed by atoms with Gasteiger partial charge < -0.3 is 15.1 Å². The Labute approximate surface area is 117 Å². The SMILES string of the molecule is O=C(c1csc(-c2cccs2)n1)N1C[C@@H](O)[C@@H](O)C1. The average Bonchev–Trinajstić information content (AvgIpc) is 3.09. The number of hydrogen-bond acceptors (Lipinski definition) is 6. The molecule has 2 atom stereocenters. The maximum atomic E-state index is 12.2. The molecule has 2 aromatic rings. The molecule has 0 aromatic carbocycles. The highest BCUT2D eigenvalue weighted by Gasteiger charge is 2.33.